The van der Waals surface area contributed by atoms with Crippen LogP contribution in [0.3, 0.4) is 0 Å². The highest BCUT2D eigenvalue weighted by Crippen LogP contribution is 2.34. The standard InChI is InChI=1S/C14H12F3NO3/c1-7-13(8(2)19)11-5-4-10(14(15,16)17)6-12(11)18(7)21-9(3)20/h4-6H,1-3H3. The van der Waals surface area contributed by atoms with Crippen LogP contribution in [0.1, 0.15) is 35.5 Å². The van der Waals surface area contributed by atoms with E-state index in [0.29, 0.717) is 5.39 Å². The summed E-state index contributed by atoms with van der Waals surface area (Å²) in [5, 5.41) is 0.314. The number of hydrogen-bond donors (Lipinski definition) is 0. The molecule has 0 aliphatic rings. The third-order valence-electron chi connectivity index (χ3n) is 3.05. The SMILES string of the molecule is CC(=O)On1c(C)c(C(C)=O)c2ccc(C(F)(F)F)cc21. The van der Waals surface area contributed by atoms with Gasteiger partial charge in [-0.1, -0.05) is 6.07 Å². The minimum Gasteiger partial charge on any atom is -0.337 e. The van der Waals surface area contributed by atoms with Crippen molar-refractivity contribution in [1.82, 2.24) is 4.73 Å². The maximum Gasteiger partial charge on any atom is 0.416 e. The first-order valence-corrected chi connectivity index (χ1v) is 6.05. The number of benzene rings is 1. The summed E-state index contributed by atoms with van der Waals surface area (Å²) in [5.74, 6) is -1.01. The molecule has 0 saturated carbocycles. The lowest BCUT2D eigenvalue weighted by Crippen LogP contribution is -2.18. The second kappa shape index (κ2) is 4.91. The van der Waals surface area contributed by atoms with Gasteiger partial charge in [-0.05, 0) is 26.0 Å². The van der Waals surface area contributed by atoms with Gasteiger partial charge in [0, 0.05) is 17.9 Å². The Kier molecular flexibility index (Phi) is 3.52. The lowest BCUT2D eigenvalue weighted by molar-refractivity contribution is -0.141. The van der Waals surface area contributed by atoms with Crippen molar-refractivity contribution in [3.63, 3.8) is 0 Å². The van der Waals surface area contributed by atoms with Crippen LogP contribution in [0.4, 0.5) is 13.2 Å². The molecule has 0 amide bonds. The lowest BCUT2D eigenvalue weighted by Gasteiger charge is -2.09. The summed E-state index contributed by atoms with van der Waals surface area (Å²) in [5.41, 5.74) is -0.328. The van der Waals surface area contributed by atoms with Gasteiger partial charge in [0.1, 0.15) is 0 Å². The molecule has 4 nitrogen and oxygen atoms in total. The summed E-state index contributed by atoms with van der Waals surface area (Å²) in [6.45, 7) is 3.94. The van der Waals surface area contributed by atoms with E-state index in [1.165, 1.54) is 19.9 Å². The van der Waals surface area contributed by atoms with E-state index in [0.717, 1.165) is 23.8 Å². The molecule has 0 aliphatic heterocycles. The molecule has 1 heterocycles. The van der Waals surface area contributed by atoms with Gasteiger partial charge in [0.2, 0.25) is 0 Å². The zero-order valence-corrected chi connectivity index (χ0v) is 11.5. The van der Waals surface area contributed by atoms with E-state index < -0.39 is 17.7 Å². The highest BCUT2D eigenvalue weighted by atomic mass is 19.4. The molecular formula is C14H12F3NO3. The number of carbonyl (C=O) groups excluding carboxylic acids is 2. The first-order valence-electron chi connectivity index (χ1n) is 6.05. The highest BCUT2D eigenvalue weighted by Gasteiger charge is 2.32. The molecule has 0 aliphatic carbocycles. The molecule has 0 unspecified atom stereocenters. The number of alkyl halides is 3. The van der Waals surface area contributed by atoms with Gasteiger partial charge in [-0.2, -0.15) is 17.9 Å². The molecule has 0 saturated heterocycles. The summed E-state index contributed by atoms with van der Waals surface area (Å²) < 4.78 is 39.3. The van der Waals surface area contributed by atoms with Crippen LogP contribution in [0.25, 0.3) is 10.9 Å². The zero-order chi connectivity index (χ0) is 15.9. The second-order valence-electron chi connectivity index (χ2n) is 4.62. The summed E-state index contributed by atoms with van der Waals surface area (Å²) in [6, 6.07) is 2.96. The van der Waals surface area contributed by atoms with Crippen molar-refractivity contribution in [1.29, 1.82) is 0 Å². The Morgan fingerprint density at radius 2 is 1.81 bits per heavy atom. The molecule has 0 radical (unpaired) electrons. The third-order valence-corrected chi connectivity index (χ3v) is 3.05. The normalized spacial score (nSPS) is 11.7. The van der Waals surface area contributed by atoms with E-state index in [1.807, 2.05) is 0 Å². The van der Waals surface area contributed by atoms with Gasteiger partial charge in [0.15, 0.2) is 5.78 Å². The van der Waals surface area contributed by atoms with Gasteiger partial charge in [-0.15, -0.1) is 0 Å². The van der Waals surface area contributed by atoms with Gasteiger partial charge in [0.25, 0.3) is 0 Å². The maximum atomic E-state index is 12.8. The van der Waals surface area contributed by atoms with E-state index in [2.05, 4.69) is 0 Å². The van der Waals surface area contributed by atoms with Gasteiger partial charge >= 0.3 is 12.1 Å². The summed E-state index contributed by atoms with van der Waals surface area (Å²) in [4.78, 5) is 27.7. The number of fused-ring (bicyclic) bond motifs is 1. The molecule has 0 bridgehead atoms. The molecule has 0 spiro atoms. The van der Waals surface area contributed by atoms with Crippen LogP contribution in [0.2, 0.25) is 0 Å². The van der Waals surface area contributed by atoms with Crippen molar-refractivity contribution < 1.29 is 27.6 Å². The number of halogens is 3. The van der Waals surface area contributed by atoms with Crippen LogP contribution < -0.4 is 4.84 Å². The monoisotopic (exact) mass is 299 g/mol. The number of Topliss-reactive ketones (excluding diaryl/α,β-unsaturated/α-hetero) is 1. The summed E-state index contributed by atoms with van der Waals surface area (Å²) >= 11 is 0. The predicted molar refractivity (Wildman–Crippen MR) is 68.9 cm³/mol. The summed E-state index contributed by atoms with van der Waals surface area (Å²) in [7, 11) is 0. The van der Waals surface area contributed by atoms with E-state index in [1.54, 1.807) is 0 Å². The Morgan fingerprint density at radius 3 is 2.29 bits per heavy atom. The van der Waals surface area contributed by atoms with Gasteiger partial charge in [-0.25, -0.2) is 4.79 Å². The van der Waals surface area contributed by atoms with Crippen LogP contribution in [-0.4, -0.2) is 16.5 Å². The van der Waals surface area contributed by atoms with Crippen LogP contribution in [0.15, 0.2) is 18.2 Å². The Balaban J connectivity index is 2.82. The zero-order valence-electron chi connectivity index (χ0n) is 11.5. The number of carbonyl (C=O) groups is 2. The molecule has 1 aromatic carbocycles. The fraction of sp³-hybridized carbons (Fsp3) is 0.286. The third kappa shape index (κ3) is 2.63. The average molecular weight is 299 g/mol. The first-order chi connectivity index (χ1) is 9.62. The topological polar surface area (TPSA) is 48.3 Å². The molecule has 7 heteroatoms. The van der Waals surface area contributed by atoms with Crippen molar-refractivity contribution in [2.24, 2.45) is 0 Å². The lowest BCUT2D eigenvalue weighted by atomic mass is 10.1. The van der Waals surface area contributed by atoms with Gasteiger partial charge in [0.05, 0.1) is 16.8 Å². The van der Waals surface area contributed by atoms with Crippen molar-refractivity contribution in [2.75, 3.05) is 0 Å². The molecule has 0 atom stereocenters. The second-order valence-corrected chi connectivity index (χ2v) is 4.62. The molecular weight excluding hydrogens is 287 g/mol. The number of nitrogens with zero attached hydrogens (tertiary/aromatic N) is 1. The van der Waals surface area contributed by atoms with Crippen LogP contribution in [0.5, 0.6) is 0 Å². The van der Waals surface area contributed by atoms with Crippen molar-refractivity contribution in [2.45, 2.75) is 26.9 Å². The number of hydrogen-bond acceptors (Lipinski definition) is 3. The average Bonchev–Trinajstić information content (AvgIpc) is 2.60. The highest BCUT2D eigenvalue weighted by molar-refractivity contribution is 6.08. The summed E-state index contributed by atoms with van der Waals surface area (Å²) in [6.07, 6.45) is -4.52. The molecule has 1 aromatic heterocycles. The number of rotatable bonds is 2. The molecule has 112 valence electrons. The van der Waals surface area contributed by atoms with Gasteiger partial charge in [-0.3, -0.25) is 4.79 Å². The molecule has 0 N–H and O–H groups in total. The van der Waals surface area contributed by atoms with E-state index >= 15 is 0 Å². The van der Waals surface area contributed by atoms with E-state index in [9.17, 15) is 22.8 Å². The fourth-order valence-electron chi connectivity index (χ4n) is 2.26. The predicted octanol–water partition coefficient (Wildman–Crippen LogP) is 3.15. The molecule has 2 rings (SSSR count). The fourth-order valence-corrected chi connectivity index (χ4v) is 2.26. The van der Waals surface area contributed by atoms with Crippen LogP contribution in [-0.2, 0) is 11.0 Å². The van der Waals surface area contributed by atoms with Crippen LogP contribution in [0, 0.1) is 6.92 Å². The number of aromatic nitrogens is 1. The van der Waals surface area contributed by atoms with Crippen LogP contribution >= 0.6 is 0 Å². The largest absolute Gasteiger partial charge is 0.416 e. The van der Waals surface area contributed by atoms with Crippen molar-refractivity contribution in [3.8, 4) is 0 Å². The first kappa shape index (κ1) is 15.1. The Labute approximate surface area is 118 Å². The maximum absolute atomic E-state index is 12.8. The Bertz CT molecular complexity index is 744. The Hall–Kier alpha value is -2.31. The van der Waals surface area contributed by atoms with E-state index in [4.69, 9.17) is 4.84 Å². The van der Waals surface area contributed by atoms with E-state index in [-0.39, 0.29) is 22.6 Å². The quantitative estimate of drug-likeness (QED) is 0.800. The minimum absolute atomic E-state index is 0.0303. The molecule has 2 aromatic rings. The minimum atomic E-state index is -4.52. The van der Waals surface area contributed by atoms with Gasteiger partial charge < -0.3 is 4.84 Å². The van der Waals surface area contributed by atoms with Crippen molar-refractivity contribution in [3.05, 3.63) is 35.0 Å². The molecule has 0 fully saturated rings. The smallest absolute Gasteiger partial charge is 0.337 e. The number of ketones is 1. The van der Waals surface area contributed by atoms with Crippen molar-refractivity contribution >= 4 is 22.7 Å². The molecule has 21 heavy (non-hydrogen) atoms. The Morgan fingerprint density at radius 1 is 1.19 bits per heavy atom.